The van der Waals surface area contributed by atoms with Crippen LogP contribution in [0.25, 0.3) is 0 Å². The molecule has 0 unspecified atom stereocenters. The van der Waals surface area contributed by atoms with Gasteiger partial charge in [0.15, 0.2) is 0 Å². The third-order valence-electron chi connectivity index (χ3n) is 4.24. The number of likely N-dealkylation sites (N-methyl/N-ethyl adjacent to an activating group) is 1. The zero-order chi connectivity index (χ0) is 20.4. The lowest BCUT2D eigenvalue weighted by atomic mass is 9.88. The van der Waals surface area contributed by atoms with E-state index in [1.54, 1.807) is 31.2 Å². The average Bonchev–Trinajstić information content (AvgIpc) is 2.97. The van der Waals surface area contributed by atoms with Gasteiger partial charge in [-0.1, -0.05) is 43.6 Å². The average molecular weight is 394 g/mol. The molecule has 0 radical (unpaired) electrons. The molecule has 2 rings (SSSR count). The lowest BCUT2D eigenvalue weighted by Gasteiger charge is -2.19. The SMILES string of the molecule is Cc1ccc(S(=O)(=O)N(C)CCNC(=O)c2c(C(C)(C)C)noc2C)cc1. The van der Waals surface area contributed by atoms with Gasteiger partial charge in [0.1, 0.15) is 17.0 Å². The fraction of sp³-hybridized carbons (Fsp3) is 0.474. The maximum absolute atomic E-state index is 12.6. The molecule has 7 nitrogen and oxygen atoms in total. The zero-order valence-corrected chi connectivity index (χ0v) is 17.5. The van der Waals surface area contributed by atoms with Crippen molar-refractivity contribution < 1.29 is 17.7 Å². The summed E-state index contributed by atoms with van der Waals surface area (Å²) in [4.78, 5) is 12.8. The zero-order valence-electron chi connectivity index (χ0n) is 16.7. The molecule has 148 valence electrons. The first-order valence-corrected chi connectivity index (χ1v) is 10.2. The van der Waals surface area contributed by atoms with Gasteiger partial charge in [0, 0.05) is 25.6 Å². The lowest BCUT2D eigenvalue weighted by molar-refractivity contribution is 0.0948. The Balaban J connectivity index is 2.03. The summed E-state index contributed by atoms with van der Waals surface area (Å²) in [6.07, 6.45) is 0. The molecule has 0 saturated carbocycles. The highest BCUT2D eigenvalue weighted by Gasteiger charge is 2.29. The molecule has 0 bridgehead atoms. The minimum Gasteiger partial charge on any atom is -0.361 e. The fourth-order valence-corrected chi connectivity index (χ4v) is 3.75. The standard InChI is InChI=1S/C19H27N3O4S/c1-13-7-9-15(10-8-13)27(24,25)22(6)12-11-20-18(23)16-14(2)26-21-17(16)19(3,4)5/h7-10H,11-12H2,1-6H3,(H,20,23). The molecule has 1 N–H and O–H groups in total. The van der Waals surface area contributed by atoms with Crippen molar-refractivity contribution in [3.05, 3.63) is 46.8 Å². The fourth-order valence-electron chi connectivity index (χ4n) is 2.58. The molecular weight excluding hydrogens is 366 g/mol. The Morgan fingerprint density at radius 2 is 1.78 bits per heavy atom. The molecular formula is C19H27N3O4S. The summed E-state index contributed by atoms with van der Waals surface area (Å²) in [5.41, 5.74) is 1.64. The van der Waals surface area contributed by atoms with Crippen molar-refractivity contribution >= 4 is 15.9 Å². The third-order valence-corrected chi connectivity index (χ3v) is 6.11. The molecule has 1 aromatic heterocycles. The van der Waals surface area contributed by atoms with Crippen LogP contribution < -0.4 is 5.32 Å². The minimum absolute atomic E-state index is 0.150. The van der Waals surface area contributed by atoms with Crippen LogP contribution in [0, 0.1) is 13.8 Å². The maximum atomic E-state index is 12.6. The number of sulfonamides is 1. The number of aryl methyl sites for hydroxylation is 2. The molecule has 0 fully saturated rings. The van der Waals surface area contributed by atoms with E-state index in [-0.39, 0.29) is 29.3 Å². The molecule has 0 spiro atoms. The molecule has 0 aliphatic carbocycles. The molecule has 2 aromatic rings. The summed E-state index contributed by atoms with van der Waals surface area (Å²) in [6, 6.07) is 6.67. The van der Waals surface area contributed by atoms with Crippen molar-refractivity contribution in [3.8, 4) is 0 Å². The Kier molecular flexibility index (Phi) is 6.11. The first-order valence-electron chi connectivity index (χ1n) is 8.72. The van der Waals surface area contributed by atoms with Crippen LogP contribution in [0.3, 0.4) is 0 Å². The number of benzene rings is 1. The highest BCUT2D eigenvalue weighted by atomic mass is 32.2. The number of carbonyl (C=O) groups is 1. The Morgan fingerprint density at radius 3 is 2.33 bits per heavy atom. The van der Waals surface area contributed by atoms with E-state index in [1.165, 1.54) is 11.4 Å². The van der Waals surface area contributed by atoms with Crippen LogP contribution in [0.1, 0.15) is 48.1 Å². The number of carbonyl (C=O) groups excluding carboxylic acids is 1. The van der Waals surface area contributed by atoms with E-state index in [2.05, 4.69) is 10.5 Å². The molecule has 0 aliphatic heterocycles. The number of nitrogens with zero attached hydrogens (tertiary/aromatic N) is 2. The molecule has 8 heteroatoms. The van der Waals surface area contributed by atoms with Crippen molar-refractivity contribution in [1.82, 2.24) is 14.8 Å². The van der Waals surface area contributed by atoms with Gasteiger partial charge in [0.2, 0.25) is 10.0 Å². The van der Waals surface area contributed by atoms with Crippen LogP contribution >= 0.6 is 0 Å². The van der Waals surface area contributed by atoms with Gasteiger partial charge in [-0.25, -0.2) is 8.42 Å². The predicted octanol–water partition coefficient (Wildman–Crippen LogP) is 2.64. The van der Waals surface area contributed by atoms with Gasteiger partial charge < -0.3 is 9.84 Å². The van der Waals surface area contributed by atoms with Crippen LogP contribution in [0.4, 0.5) is 0 Å². The largest absolute Gasteiger partial charge is 0.361 e. The van der Waals surface area contributed by atoms with Crippen molar-refractivity contribution in [2.75, 3.05) is 20.1 Å². The topological polar surface area (TPSA) is 92.5 Å². The van der Waals surface area contributed by atoms with Crippen LogP contribution in [0.15, 0.2) is 33.7 Å². The molecule has 1 aromatic carbocycles. The van der Waals surface area contributed by atoms with Crippen molar-refractivity contribution in [1.29, 1.82) is 0 Å². The van der Waals surface area contributed by atoms with E-state index >= 15 is 0 Å². The Hall–Kier alpha value is -2.19. The summed E-state index contributed by atoms with van der Waals surface area (Å²) in [6.45, 7) is 9.75. The van der Waals surface area contributed by atoms with Crippen LogP contribution in [-0.4, -0.2) is 43.9 Å². The first kappa shape index (κ1) is 21.1. The Bertz CT molecular complexity index is 909. The molecule has 0 atom stereocenters. The van der Waals surface area contributed by atoms with Crippen LogP contribution in [-0.2, 0) is 15.4 Å². The Labute approximate surface area is 160 Å². The number of amides is 1. The smallest absolute Gasteiger partial charge is 0.256 e. The van der Waals surface area contributed by atoms with Gasteiger partial charge in [0.25, 0.3) is 5.91 Å². The Morgan fingerprint density at radius 1 is 1.19 bits per heavy atom. The second-order valence-corrected chi connectivity index (χ2v) is 9.65. The van der Waals surface area contributed by atoms with E-state index in [9.17, 15) is 13.2 Å². The van der Waals surface area contributed by atoms with Crippen molar-refractivity contribution in [2.45, 2.75) is 44.9 Å². The molecule has 1 amide bonds. The lowest BCUT2D eigenvalue weighted by Crippen LogP contribution is -2.36. The van der Waals surface area contributed by atoms with Gasteiger partial charge in [-0.3, -0.25) is 4.79 Å². The second kappa shape index (κ2) is 7.82. The van der Waals surface area contributed by atoms with Crippen molar-refractivity contribution in [2.24, 2.45) is 0 Å². The number of nitrogens with one attached hydrogen (secondary N) is 1. The van der Waals surface area contributed by atoms with Crippen LogP contribution in [0.2, 0.25) is 0 Å². The summed E-state index contributed by atoms with van der Waals surface area (Å²) in [7, 11) is -2.10. The van der Waals surface area contributed by atoms with Gasteiger partial charge in [-0.2, -0.15) is 4.31 Å². The van der Waals surface area contributed by atoms with E-state index in [0.29, 0.717) is 17.0 Å². The number of hydrogen-bond acceptors (Lipinski definition) is 5. The summed E-state index contributed by atoms with van der Waals surface area (Å²) in [5, 5.41) is 6.75. The third kappa shape index (κ3) is 4.75. The first-order chi connectivity index (χ1) is 12.4. The highest BCUT2D eigenvalue weighted by molar-refractivity contribution is 7.89. The highest BCUT2D eigenvalue weighted by Crippen LogP contribution is 2.26. The maximum Gasteiger partial charge on any atom is 0.256 e. The number of hydrogen-bond donors (Lipinski definition) is 1. The van der Waals surface area contributed by atoms with E-state index in [4.69, 9.17) is 4.52 Å². The number of aromatic nitrogens is 1. The van der Waals surface area contributed by atoms with Gasteiger partial charge in [-0.15, -0.1) is 0 Å². The molecule has 27 heavy (non-hydrogen) atoms. The van der Waals surface area contributed by atoms with E-state index in [0.717, 1.165) is 5.56 Å². The van der Waals surface area contributed by atoms with Gasteiger partial charge >= 0.3 is 0 Å². The van der Waals surface area contributed by atoms with Gasteiger partial charge in [0.05, 0.1) is 4.90 Å². The quantitative estimate of drug-likeness (QED) is 0.814. The van der Waals surface area contributed by atoms with Crippen molar-refractivity contribution in [3.63, 3.8) is 0 Å². The summed E-state index contributed by atoms with van der Waals surface area (Å²) >= 11 is 0. The minimum atomic E-state index is -3.60. The number of rotatable bonds is 6. The van der Waals surface area contributed by atoms with Crippen LogP contribution in [0.5, 0.6) is 0 Å². The monoisotopic (exact) mass is 393 g/mol. The normalized spacial score (nSPS) is 12.4. The summed E-state index contributed by atoms with van der Waals surface area (Å²) in [5.74, 6) is 0.123. The van der Waals surface area contributed by atoms with Gasteiger partial charge in [-0.05, 0) is 26.0 Å². The second-order valence-electron chi connectivity index (χ2n) is 7.61. The van der Waals surface area contributed by atoms with E-state index < -0.39 is 10.0 Å². The molecule has 0 saturated heterocycles. The summed E-state index contributed by atoms with van der Waals surface area (Å²) < 4.78 is 31.6. The predicted molar refractivity (Wildman–Crippen MR) is 103 cm³/mol. The van der Waals surface area contributed by atoms with E-state index in [1.807, 2.05) is 27.7 Å². The molecule has 1 heterocycles. The molecule has 0 aliphatic rings.